The van der Waals surface area contributed by atoms with Crippen LogP contribution in [0.4, 0.5) is 0 Å². The number of hydrogen-bond acceptors (Lipinski definition) is 3. The maximum atomic E-state index is 10.9. The lowest BCUT2D eigenvalue weighted by atomic mass is 9.77. The fourth-order valence-corrected chi connectivity index (χ4v) is 4.47. The van der Waals surface area contributed by atoms with Crippen molar-refractivity contribution in [3.8, 4) is 0 Å². The van der Waals surface area contributed by atoms with Gasteiger partial charge in [-0.1, -0.05) is 26.7 Å². The van der Waals surface area contributed by atoms with Crippen molar-refractivity contribution < 1.29 is 9.90 Å². The fourth-order valence-electron chi connectivity index (χ4n) is 2.77. The minimum Gasteiger partial charge on any atom is -0.480 e. The van der Waals surface area contributed by atoms with Crippen LogP contribution < -0.4 is 5.32 Å². The van der Waals surface area contributed by atoms with E-state index >= 15 is 0 Å². The number of aliphatic carboxylic acids is 1. The van der Waals surface area contributed by atoms with Crippen LogP contribution in [0, 0.1) is 11.8 Å². The van der Waals surface area contributed by atoms with E-state index in [1.807, 2.05) is 11.8 Å². The smallest absolute Gasteiger partial charge is 0.321 e. The molecule has 1 spiro atoms. The molecule has 3 nitrogen and oxygen atoms in total. The Labute approximate surface area is 95.0 Å². The van der Waals surface area contributed by atoms with Gasteiger partial charge in [-0.25, -0.2) is 0 Å². The number of hydrogen-bond donors (Lipinski definition) is 2. The van der Waals surface area contributed by atoms with Gasteiger partial charge in [-0.2, -0.15) is 0 Å². The summed E-state index contributed by atoms with van der Waals surface area (Å²) in [4.78, 5) is 11.0. The topological polar surface area (TPSA) is 49.3 Å². The van der Waals surface area contributed by atoms with Gasteiger partial charge in [0.15, 0.2) is 0 Å². The standard InChI is InChI=1S/C11H19NO2S/c1-7-4-3-5-11(8(7)2)12-9(6-15-11)10(13)14/h7-9,12H,3-6H2,1-2H3,(H,13,14)/t7?,8?,9-,11?/m0/s1. The highest BCUT2D eigenvalue weighted by molar-refractivity contribution is 8.01. The van der Waals surface area contributed by atoms with Crippen LogP contribution in [0.5, 0.6) is 0 Å². The lowest BCUT2D eigenvalue weighted by Crippen LogP contribution is -2.52. The second kappa shape index (κ2) is 3.98. The molecule has 86 valence electrons. The van der Waals surface area contributed by atoms with Crippen LogP contribution in [0.1, 0.15) is 33.1 Å². The van der Waals surface area contributed by atoms with Gasteiger partial charge in [-0.3, -0.25) is 10.1 Å². The maximum absolute atomic E-state index is 10.9. The van der Waals surface area contributed by atoms with E-state index < -0.39 is 5.97 Å². The molecule has 1 heterocycles. The third-order valence-electron chi connectivity index (χ3n) is 4.02. The molecule has 1 aliphatic heterocycles. The third kappa shape index (κ3) is 1.89. The number of carboxylic acids is 1. The quantitative estimate of drug-likeness (QED) is 0.721. The number of rotatable bonds is 1. The second-order valence-electron chi connectivity index (χ2n) is 4.89. The largest absolute Gasteiger partial charge is 0.480 e. The first-order valence-corrected chi connectivity index (χ1v) is 6.68. The molecular weight excluding hydrogens is 210 g/mol. The molecule has 1 saturated heterocycles. The molecule has 0 aromatic heterocycles. The average Bonchev–Trinajstić information content (AvgIpc) is 2.60. The van der Waals surface area contributed by atoms with Crippen LogP contribution in [0.15, 0.2) is 0 Å². The molecule has 2 rings (SSSR count). The molecule has 1 aliphatic carbocycles. The summed E-state index contributed by atoms with van der Waals surface area (Å²) in [5, 5.41) is 12.4. The SMILES string of the molecule is CC1CCCC2(N[C@H](C(=O)O)CS2)C1C. The molecule has 2 fully saturated rings. The van der Waals surface area contributed by atoms with Crippen LogP contribution in [0.2, 0.25) is 0 Å². The van der Waals surface area contributed by atoms with Crippen molar-refractivity contribution in [2.24, 2.45) is 11.8 Å². The first-order valence-electron chi connectivity index (χ1n) is 5.69. The average molecular weight is 229 g/mol. The first kappa shape index (κ1) is 11.3. The number of thioether (sulfide) groups is 1. The molecule has 15 heavy (non-hydrogen) atoms. The van der Waals surface area contributed by atoms with E-state index in [0.717, 1.165) is 6.42 Å². The Hall–Kier alpha value is -0.220. The first-order chi connectivity index (χ1) is 7.05. The lowest BCUT2D eigenvalue weighted by Gasteiger charge is -2.43. The summed E-state index contributed by atoms with van der Waals surface area (Å²) in [6.07, 6.45) is 3.62. The molecule has 0 aromatic rings. The Balaban J connectivity index is 2.11. The summed E-state index contributed by atoms with van der Waals surface area (Å²) < 4.78 is 0. The molecule has 0 aromatic carbocycles. The van der Waals surface area contributed by atoms with Gasteiger partial charge in [0.1, 0.15) is 6.04 Å². The predicted molar refractivity (Wildman–Crippen MR) is 61.9 cm³/mol. The molecule has 4 heteroatoms. The van der Waals surface area contributed by atoms with Gasteiger partial charge in [-0.15, -0.1) is 11.8 Å². The van der Waals surface area contributed by atoms with E-state index in [1.54, 1.807) is 0 Å². The van der Waals surface area contributed by atoms with Gasteiger partial charge in [-0.05, 0) is 18.3 Å². The van der Waals surface area contributed by atoms with E-state index in [1.165, 1.54) is 12.8 Å². The number of carbonyl (C=O) groups is 1. The van der Waals surface area contributed by atoms with Crippen LogP contribution in [0.3, 0.4) is 0 Å². The van der Waals surface area contributed by atoms with Crippen LogP contribution in [0.25, 0.3) is 0 Å². The molecule has 4 atom stereocenters. The van der Waals surface area contributed by atoms with Crippen molar-refractivity contribution in [1.82, 2.24) is 5.32 Å². The van der Waals surface area contributed by atoms with E-state index in [0.29, 0.717) is 17.6 Å². The number of nitrogens with one attached hydrogen (secondary N) is 1. The summed E-state index contributed by atoms with van der Waals surface area (Å²) >= 11 is 1.82. The Bertz CT molecular complexity index is 271. The molecule has 2 aliphatic rings. The third-order valence-corrected chi connectivity index (χ3v) is 5.73. The summed E-state index contributed by atoms with van der Waals surface area (Å²) in [6.45, 7) is 4.54. The van der Waals surface area contributed by atoms with E-state index in [4.69, 9.17) is 5.11 Å². The highest BCUT2D eigenvalue weighted by atomic mass is 32.2. The molecule has 1 saturated carbocycles. The molecular formula is C11H19NO2S. The van der Waals surface area contributed by atoms with Gasteiger partial charge >= 0.3 is 5.97 Å². The summed E-state index contributed by atoms with van der Waals surface area (Å²) in [7, 11) is 0. The van der Waals surface area contributed by atoms with Crippen molar-refractivity contribution in [2.45, 2.75) is 44.0 Å². The zero-order chi connectivity index (χ0) is 11.1. The summed E-state index contributed by atoms with van der Waals surface area (Å²) in [6, 6.07) is -0.345. The van der Waals surface area contributed by atoms with Crippen molar-refractivity contribution in [2.75, 3.05) is 5.75 Å². The highest BCUT2D eigenvalue weighted by Crippen LogP contribution is 2.48. The minimum atomic E-state index is -0.704. The van der Waals surface area contributed by atoms with Crippen LogP contribution in [-0.4, -0.2) is 27.7 Å². The van der Waals surface area contributed by atoms with E-state index in [-0.39, 0.29) is 10.9 Å². The monoisotopic (exact) mass is 229 g/mol. The normalized spacial score (nSPS) is 45.9. The Morgan fingerprint density at radius 3 is 2.87 bits per heavy atom. The molecule has 0 bridgehead atoms. The van der Waals surface area contributed by atoms with Gasteiger partial charge < -0.3 is 5.11 Å². The highest BCUT2D eigenvalue weighted by Gasteiger charge is 2.48. The fraction of sp³-hybridized carbons (Fsp3) is 0.909. The summed E-state index contributed by atoms with van der Waals surface area (Å²) in [5.41, 5.74) is 0. The Morgan fingerprint density at radius 2 is 2.27 bits per heavy atom. The van der Waals surface area contributed by atoms with Gasteiger partial charge in [0.05, 0.1) is 4.87 Å². The molecule has 0 radical (unpaired) electrons. The lowest BCUT2D eigenvalue weighted by molar-refractivity contribution is -0.139. The van der Waals surface area contributed by atoms with Crippen molar-refractivity contribution in [1.29, 1.82) is 0 Å². The molecule has 2 N–H and O–H groups in total. The second-order valence-corrected chi connectivity index (χ2v) is 6.24. The van der Waals surface area contributed by atoms with Crippen molar-refractivity contribution in [3.05, 3.63) is 0 Å². The van der Waals surface area contributed by atoms with Gasteiger partial charge in [0.2, 0.25) is 0 Å². The van der Waals surface area contributed by atoms with Gasteiger partial charge in [0, 0.05) is 5.75 Å². The zero-order valence-electron chi connectivity index (χ0n) is 9.32. The minimum absolute atomic E-state index is 0.0424. The van der Waals surface area contributed by atoms with Crippen LogP contribution >= 0.6 is 11.8 Å². The maximum Gasteiger partial charge on any atom is 0.321 e. The van der Waals surface area contributed by atoms with E-state index in [2.05, 4.69) is 19.2 Å². The molecule has 3 unspecified atom stereocenters. The van der Waals surface area contributed by atoms with E-state index in [9.17, 15) is 4.79 Å². The predicted octanol–water partition coefficient (Wildman–Crippen LogP) is 1.93. The summed E-state index contributed by atoms with van der Waals surface area (Å²) in [5.74, 6) is 1.28. The van der Waals surface area contributed by atoms with Crippen molar-refractivity contribution in [3.63, 3.8) is 0 Å². The zero-order valence-corrected chi connectivity index (χ0v) is 10.1. The van der Waals surface area contributed by atoms with Crippen molar-refractivity contribution >= 4 is 17.7 Å². The number of carboxylic acid groups (broad SMARTS) is 1. The van der Waals surface area contributed by atoms with Gasteiger partial charge in [0.25, 0.3) is 0 Å². The van der Waals surface area contributed by atoms with Crippen LogP contribution in [-0.2, 0) is 4.79 Å². The Morgan fingerprint density at radius 1 is 1.53 bits per heavy atom. The Kier molecular flexibility index (Phi) is 2.99. The molecule has 0 amide bonds.